The van der Waals surface area contributed by atoms with Gasteiger partial charge in [0.1, 0.15) is 0 Å². The van der Waals surface area contributed by atoms with E-state index in [1.54, 1.807) is 0 Å². The Morgan fingerprint density at radius 3 is 1.67 bits per heavy atom. The minimum Gasteiger partial charge on any atom is -0.196 e. The third-order valence-corrected chi connectivity index (χ3v) is 6.14. The van der Waals surface area contributed by atoms with Crippen molar-refractivity contribution in [1.82, 2.24) is 0 Å². The van der Waals surface area contributed by atoms with Crippen LogP contribution in [0.4, 0.5) is 0 Å². The number of rotatable bonds is 1. The number of fused-ring (bicyclic) bond motifs is 1. The van der Waals surface area contributed by atoms with E-state index in [4.69, 9.17) is 0 Å². The fourth-order valence-electron chi connectivity index (χ4n) is 3.92. The van der Waals surface area contributed by atoms with Crippen molar-refractivity contribution < 1.29 is 26.2 Å². The summed E-state index contributed by atoms with van der Waals surface area (Å²) in [6.45, 7) is 21.9. The van der Waals surface area contributed by atoms with Gasteiger partial charge in [0, 0.05) is 9.52 Å². The molecule has 0 heterocycles. The zero-order valence-electron chi connectivity index (χ0n) is 22.3. The molecule has 2 radical (unpaired) electrons. The second-order valence-corrected chi connectivity index (χ2v) is 10.9. The molecule has 0 saturated heterocycles. The van der Waals surface area contributed by atoms with Gasteiger partial charge < -0.3 is 0 Å². The van der Waals surface area contributed by atoms with Crippen molar-refractivity contribution in [2.24, 2.45) is 0 Å². The molecular weight excluding hydrogens is 492 g/mol. The van der Waals surface area contributed by atoms with Crippen LogP contribution < -0.4 is 0 Å². The van der Waals surface area contributed by atoms with E-state index in [9.17, 15) is 0 Å². The topological polar surface area (TPSA) is 0 Å². The first-order valence-electron chi connectivity index (χ1n) is 11.5. The molecule has 0 aliphatic heterocycles. The molecule has 2 heteroatoms. The van der Waals surface area contributed by atoms with Crippen LogP contribution in [0, 0.1) is 34.6 Å². The number of hydrogen-bond acceptors (Lipinski definition) is 0. The predicted molar refractivity (Wildman–Crippen MR) is 147 cm³/mol. The molecular formula is C31H40SiZr. The van der Waals surface area contributed by atoms with E-state index in [2.05, 4.69) is 129 Å². The van der Waals surface area contributed by atoms with Crippen molar-refractivity contribution in [3.8, 4) is 11.1 Å². The van der Waals surface area contributed by atoms with Crippen molar-refractivity contribution in [3.05, 3.63) is 94.0 Å². The van der Waals surface area contributed by atoms with E-state index < -0.39 is 0 Å². The molecule has 0 amide bonds. The molecule has 4 aromatic carbocycles. The first-order valence-corrected chi connectivity index (χ1v) is 13.5. The van der Waals surface area contributed by atoms with E-state index >= 15 is 0 Å². The van der Waals surface area contributed by atoms with Crippen LogP contribution in [0.1, 0.15) is 54.2 Å². The normalized spacial score (nSPS) is 10.6. The predicted octanol–water partition coefficient (Wildman–Crippen LogP) is 9.26. The minimum absolute atomic E-state index is 0. The molecule has 4 aromatic rings. The molecule has 0 unspecified atom stereocenters. The summed E-state index contributed by atoms with van der Waals surface area (Å²) in [5.74, 6) is 0. The smallest absolute Gasteiger partial charge is 0.196 e. The van der Waals surface area contributed by atoms with Crippen LogP contribution in [0.25, 0.3) is 21.9 Å². The first-order chi connectivity index (χ1) is 15.0. The molecule has 0 saturated carbocycles. The Morgan fingerprint density at radius 2 is 1.24 bits per heavy atom. The van der Waals surface area contributed by atoms with Crippen LogP contribution in [-0.4, -0.2) is 9.52 Å². The third kappa shape index (κ3) is 7.76. The van der Waals surface area contributed by atoms with E-state index in [1.807, 2.05) is 0 Å². The Bertz CT molecular complexity index is 1110. The zero-order valence-corrected chi connectivity index (χ0v) is 25.7. The number of aryl methyl sites for hydroxylation is 3. The Labute approximate surface area is 224 Å². The summed E-state index contributed by atoms with van der Waals surface area (Å²) in [6.07, 6.45) is 0. The van der Waals surface area contributed by atoms with Gasteiger partial charge in [0.2, 0.25) is 0 Å². The Hall–Kier alpha value is -1.50. The quantitative estimate of drug-likeness (QED) is 0.170. The van der Waals surface area contributed by atoms with Gasteiger partial charge in [-0.25, -0.2) is 0 Å². The SMILES string of the molecule is C[Si]C.Cc1[cH-]c(C)c(C)c1C.Cc1cc2c(-c3ccc(C(C)(C)C)cc3)cccc2[cH-]1.[Zr+2]. The van der Waals surface area contributed by atoms with Crippen LogP contribution in [0.3, 0.4) is 0 Å². The third-order valence-electron chi connectivity index (χ3n) is 6.14. The molecule has 0 bridgehead atoms. The van der Waals surface area contributed by atoms with Crippen LogP contribution in [0.5, 0.6) is 0 Å². The summed E-state index contributed by atoms with van der Waals surface area (Å²) in [5, 5.41) is 2.69. The minimum atomic E-state index is 0. The molecule has 4 rings (SSSR count). The molecule has 0 N–H and O–H groups in total. The van der Waals surface area contributed by atoms with Gasteiger partial charge in [-0.3, -0.25) is 0 Å². The van der Waals surface area contributed by atoms with Gasteiger partial charge in [-0.2, -0.15) is 34.4 Å². The van der Waals surface area contributed by atoms with Gasteiger partial charge in [0.25, 0.3) is 0 Å². The maximum Gasteiger partial charge on any atom is 2.00 e. The molecule has 0 aromatic heterocycles. The summed E-state index contributed by atoms with van der Waals surface area (Å²) >= 11 is 0. The van der Waals surface area contributed by atoms with Crippen LogP contribution in [-0.2, 0) is 31.6 Å². The van der Waals surface area contributed by atoms with Crippen molar-refractivity contribution in [2.75, 3.05) is 0 Å². The average Bonchev–Trinajstić information content (AvgIpc) is 3.22. The Balaban J connectivity index is 0.000000352. The summed E-state index contributed by atoms with van der Waals surface area (Å²) in [5.41, 5.74) is 11.3. The Morgan fingerprint density at radius 1 is 0.727 bits per heavy atom. The van der Waals surface area contributed by atoms with Gasteiger partial charge in [-0.15, -0.1) is 34.5 Å². The summed E-state index contributed by atoms with van der Waals surface area (Å²) in [6, 6.07) is 22.3. The van der Waals surface area contributed by atoms with Crippen LogP contribution in [0.2, 0.25) is 13.1 Å². The van der Waals surface area contributed by atoms with Crippen molar-refractivity contribution in [3.63, 3.8) is 0 Å². The maximum atomic E-state index is 2.28. The van der Waals surface area contributed by atoms with Gasteiger partial charge in [-0.1, -0.05) is 104 Å². The molecule has 0 nitrogen and oxygen atoms in total. The zero-order chi connectivity index (χ0) is 24.1. The average molecular weight is 532 g/mol. The van der Waals surface area contributed by atoms with Gasteiger partial charge in [0.05, 0.1) is 0 Å². The second-order valence-electron chi connectivity index (χ2n) is 9.93. The molecule has 0 aliphatic rings. The van der Waals surface area contributed by atoms with Gasteiger partial charge >= 0.3 is 26.2 Å². The van der Waals surface area contributed by atoms with Gasteiger partial charge in [0.15, 0.2) is 0 Å². The van der Waals surface area contributed by atoms with E-state index in [0.717, 1.165) is 9.52 Å². The molecule has 33 heavy (non-hydrogen) atoms. The van der Waals surface area contributed by atoms with Crippen molar-refractivity contribution >= 4 is 20.3 Å². The molecule has 0 spiro atoms. The molecule has 0 atom stereocenters. The maximum absolute atomic E-state index is 2.28. The fraction of sp³-hybridized carbons (Fsp3) is 0.355. The summed E-state index contributed by atoms with van der Waals surface area (Å²) < 4.78 is 0. The molecule has 0 aliphatic carbocycles. The summed E-state index contributed by atoms with van der Waals surface area (Å²) in [7, 11) is 1.08. The monoisotopic (exact) mass is 530 g/mol. The largest absolute Gasteiger partial charge is 2.00 e. The molecule has 0 fully saturated rings. The fourth-order valence-corrected chi connectivity index (χ4v) is 3.92. The van der Waals surface area contributed by atoms with E-state index in [-0.39, 0.29) is 31.6 Å². The van der Waals surface area contributed by atoms with E-state index in [0.29, 0.717) is 0 Å². The van der Waals surface area contributed by atoms with E-state index in [1.165, 1.54) is 55.3 Å². The number of hydrogen-bond donors (Lipinski definition) is 0. The summed E-state index contributed by atoms with van der Waals surface area (Å²) in [4.78, 5) is 0. The second kappa shape index (κ2) is 12.8. The Kier molecular flexibility index (Phi) is 11.5. The standard InChI is InChI=1S/C20H21.C9H13.C2H6Si.Zr/c1-14-12-16-6-5-7-18(19(16)13-14)15-8-10-17(11-9-15)20(2,3)4;1-6-5-7(2)9(4)8(6)3;1-3-2;/h5-13H,1-4H3;5H,1-4H3;1-2H3;/q2*-1;;+2. The van der Waals surface area contributed by atoms with Crippen LogP contribution >= 0.6 is 0 Å². The van der Waals surface area contributed by atoms with Crippen molar-refractivity contribution in [2.45, 2.75) is 73.9 Å². The van der Waals surface area contributed by atoms with Crippen LogP contribution in [0.15, 0.2) is 60.7 Å². The van der Waals surface area contributed by atoms with Gasteiger partial charge in [-0.05, 0) is 16.5 Å². The number of benzene rings is 2. The first kappa shape index (κ1) is 29.5. The van der Waals surface area contributed by atoms with Crippen molar-refractivity contribution in [1.29, 1.82) is 0 Å². The molecule has 172 valence electrons.